The van der Waals surface area contributed by atoms with Crippen molar-refractivity contribution in [2.24, 2.45) is 0 Å². The van der Waals surface area contributed by atoms with Crippen molar-refractivity contribution < 1.29 is 9.53 Å². The Morgan fingerprint density at radius 3 is 2.91 bits per heavy atom. The second-order valence-electron chi connectivity index (χ2n) is 1.82. The first-order chi connectivity index (χ1) is 5.24. The van der Waals surface area contributed by atoms with Crippen LogP contribution in [0.3, 0.4) is 0 Å². The van der Waals surface area contributed by atoms with Crippen molar-refractivity contribution in [3.05, 3.63) is 18.1 Å². The molecule has 0 saturated heterocycles. The highest BCUT2D eigenvalue weighted by atomic mass is 16.5. The van der Waals surface area contributed by atoms with Crippen molar-refractivity contribution in [2.45, 2.75) is 0 Å². The van der Waals surface area contributed by atoms with Crippen molar-refractivity contribution in [2.75, 3.05) is 12.8 Å². The number of nitrogens with zero attached hydrogens (tertiary/aromatic N) is 2. The fourth-order valence-electron chi connectivity index (χ4n) is 0.584. The molecule has 1 rings (SSSR count). The number of rotatable bonds is 1. The van der Waals surface area contributed by atoms with Crippen LogP contribution in [0, 0.1) is 0 Å². The summed E-state index contributed by atoms with van der Waals surface area (Å²) in [5.74, 6) is -0.335. The molecule has 0 amide bonds. The summed E-state index contributed by atoms with van der Waals surface area (Å²) in [6.45, 7) is 0. The zero-order chi connectivity index (χ0) is 8.27. The highest BCUT2D eigenvalue weighted by Gasteiger charge is 2.06. The quantitative estimate of drug-likeness (QED) is 0.567. The van der Waals surface area contributed by atoms with E-state index in [1.54, 1.807) is 0 Å². The predicted octanol–water partition coefficient (Wildman–Crippen LogP) is -0.155. The van der Waals surface area contributed by atoms with Crippen LogP contribution in [-0.2, 0) is 4.74 Å². The van der Waals surface area contributed by atoms with Crippen LogP contribution in [0.5, 0.6) is 0 Å². The van der Waals surface area contributed by atoms with E-state index >= 15 is 0 Å². The summed E-state index contributed by atoms with van der Waals surface area (Å²) in [5, 5.41) is 0. The van der Waals surface area contributed by atoms with Gasteiger partial charge in [-0.25, -0.2) is 9.78 Å². The molecule has 2 N–H and O–H groups in total. The van der Waals surface area contributed by atoms with Crippen molar-refractivity contribution in [1.82, 2.24) is 9.97 Å². The first kappa shape index (κ1) is 7.46. The molecule has 1 heterocycles. The second-order valence-corrected chi connectivity index (χ2v) is 1.82. The van der Waals surface area contributed by atoms with Gasteiger partial charge in [0.2, 0.25) is 0 Å². The Kier molecular flexibility index (Phi) is 2.00. The molecule has 1 aromatic heterocycles. The summed E-state index contributed by atoms with van der Waals surface area (Å²) in [6.07, 6.45) is 2.65. The lowest BCUT2D eigenvalue weighted by molar-refractivity contribution is 0.0593. The van der Waals surface area contributed by atoms with E-state index in [1.807, 2.05) is 0 Å². The van der Waals surface area contributed by atoms with Gasteiger partial charge in [0.15, 0.2) is 5.69 Å². The molecule has 0 saturated carbocycles. The van der Waals surface area contributed by atoms with E-state index in [-0.39, 0.29) is 11.5 Å². The van der Waals surface area contributed by atoms with E-state index in [0.717, 1.165) is 0 Å². The van der Waals surface area contributed by atoms with Crippen molar-refractivity contribution >= 4 is 11.8 Å². The lowest BCUT2D eigenvalue weighted by atomic mass is 10.4. The molecule has 0 atom stereocenters. The summed E-state index contributed by atoms with van der Waals surface area (Å²) in [6, 6.07) is 0. The Labute approximate surface area is 63.2 Å². The third-order valence-electron chi connectivity index (χ3n) is 1.05. The summed E-state index contributed by atoms with van der Waals surface area (Å²) in [4.78, 5) is 18.1. The number of nitrogens with two attached hydrogens (primary N) is 1. The Balaban J connectivity index is 2.96. The minimum atomic E-state index is -0.537. The number of esters is 1. The Morgan fingerprint density at radius 2 is 2.36 bits per heavy atom. The van der Waals surface area contributed by atoms with E-state index in [2.05, 4.69) is 14.7 Å². The fourth-order valence-corrected chi connectivity index (χ4v) is 0.584. The highest BCUT2D eigenvalue weighted by Crippen LogP contribution is 1.97. The largest absolute Gasteiger partial charge is 0.464 e. The van der Waals surface area contributed by atoms with Gasteiger partial charge in [0.1, 0.15) is 5.82 Å². The minimum absolute atomic E-state index is 0.118. The lowest BCUT2D eigenvalue weighted by Crippen LogP contribution is -2.06. The molecule has 5 nitrogen and oxygen atoms in total. The molecule has 0 aliphatic carbocycles. The second kappa shape index (κ2) is 2.96. The van der Waals surface area contributed by atoms with Gasteiger partial charge in [-0.15, -0.1) is 0 Å². The van der Waals surface area contributed by atoms with Crippen molar-refractivity contribution in [3.8, 4) is 0 Å². The van der Waals surface area contributed by atoms with E-state index in [0.29, 0.717) is 0 Å². The molecule has 1 aromatic rings. The molecule has 0 unspecified atom stereocenters. The van der Waals surface area contributed by atoms with Gasteiger partial charge in [0, 0.05) is 0 Å². The molecule has 0 radical (unpaired) electrons. The highest BCUT2D eigenvalue weighted by molar-refractivity contribution is 5.86. The fraction of sp³-hybridized carbons (Fsp3) is 0.167. The van der Waals surface area contributed by atoms with Gasteiger partial charge in [-0.1, -0.05) is 0 Å². The van der Waals surface area contributed by atoms with Crippen LogP contribution in [0.15, 0.2) is 12.4 Å². The van der Waals surface area contributed by atoms with Crippen LogP contribution >= 0.6 is 0 Å². The minimum Gasteiger partial charge on any atom is -0.464 e. The van der Waals surface area contributed by atoms with E-state index in [4.69, 9.17) is 5.73 Å². The number of carbonyl (C=O) groups excluding carboxylic acids is 1. The summed E-state index contributed by atoms with van der Waals surface area (Å²) in [7, 11) is 1.27. The normalized spacial score (nSPS) is 9.18. The molecule has 0 fully saturated rings. The molecule has 5 heteroatoms. The molecule has 0 aliphatic rings. The van der Waals surface area contributed by atoms with Gasteiger partial charge in [-0.05, 0) is 0 Å². The maximum Gasteiger partial charge on any atom is 0.358 e. The first-order valence-electron chi connectivity index (χ1n) is 2.90. The number of hydrogen-bond donors (Lipinski definition) is 1. The lowest BCUT2D eigenvalue weighted by Gasteiger charge is -1.96. The molecule has 0 aromatic carbocycles. The molecule has 58 valence electrons. The average molecular weight is 153 g/mol. The van der Waals surface area contributed by atoms with Crippen LogP contribution < -0.4 is 5.73 Å². The Hall–Kier alpha value is -1.65. The average Bonchev–Trinajstić information content (AvgIpc) is 2.03. The smallest absolute Gasteiger partial charge is 0.358 e. The molecule has 0 aliphatic heterocycles. The monoisotopic (exact) mass is 153 g/mol. The maximum absolute atomic E-state index is 10.8. The summed E-state index contributed by atoms with van der Waals surface area (Å²) >= 11 is 0. The van der Waals surface area contributed by atoms with Gasteiger partial charge >= 0.3 is 5.97 Å². The molecular weight excluding hydrogens is 146 g/mol. The van der Waals surface area contributed by atoms with Gasteiger partial charge in [0.25, 0.3) is 0 Å². The molecule has 0 spiro atoms. The summed E-state index contributed by atoms with van der Waals surface area (Å²) in [5.41, 5.74) is 5.39. The third kappa shape index (κ3) is 1.64. The number of aromatic nitrogens is 2. The van der Waals surface area contributed by atoms with Crippen molar-refractivity contribution in [3.63, 3.8) is 0 Å². The number of hydrogen-bond acceptors (Lipinski definition) is 5. The Morgan fingerprint density at radius 1 is 1.64 bits per heavy atom. The zero-order valence-corrected chi connectivity index (χ0v) is 5.94. The summed E-state index contributed by atoms with van der Waals surface area (Å²) < 4.78 is 4.39. The van der Waals surface area contributed by atoms with Gasteiger partial charge < -0.3 is 10.5 Å². The van der Waals surface area contributed by atoms with Crippen molar-refractivity contribution in [1.29, 1.82) is 0 Å². The Bertz CT molecular complexity index is 274. The topological polar surface area (TPSA) is 78.1 Å². The van der Waals surface area contributed by atoms with E-state index < -0.39 is 5.97 Å². The maximum atomic E-state index is 10.8. The molecular formula is C6H7N3O2. The molecule has 11 heavy (non-hydrogen) atoms. The third-order valence-corrected chi connectivity index (χ3v) is 1.05. The van der Waals surface area contributed by atoms with Crippen LogP contribution in [0.4, 0.5) is 5.82 Å². The van der Waals surface area contributed by atoms with Gasteiger partial charge in [0.05, 0.1) is 19.5 Å². The van der Waals surface area contributed by atoms with Crippen LogP contribution in [0.2, 0.25) is 0 Å². The number of anilines is 1. The van der Waals surface area contributed by atoms with E-state index in [9.17, 15) is 4.79 Å². The number of carbonyl (C=O) groups is 1. The number of methoxy groups -OCH3 is 1. The van der Waals surface area contributed by atoms with Crippen LogP contribution in [0.25, 0.3) is 0 Å². The van der Waals surface area contributed by atoms with Crippen LogP contribution in [0.1, 0.15) is 10.5 Å². The SMILES string of the molecule is COC(=O)c1cncc(N)n1. The van der Waals surface area contributed by atoms with Gasteiger partial charge in [-0.2, -0.15) is 0 Å². The predicted molar refractivity (Wildman–Crippen MR) is 37.8 cm³/mol. The first-order valence-corrected chi connectivity index (χ1v) is 2.90. The molecule has 0 bridgehead atoms. The van der Waals surface area contributed by atoms with Crippen LogP contribution in [-0.4, -0.2) is 23.0 Å². The zero-order valence-electron chi connectivity index (χ0n) is 5.94. The number of nitrogen functional groups attached to an aromatic ring is 1. The standard InChI is InChI=1S/C6H7N3O2/c1-11-6(10)4-2-8-3-5(7)9-4/h2-3H,1H3,(H2,7,9). The van der Waals surface area contributed by atoms with Gasteiger partial charge in [-0.3, -0.25) is 4.98 Å². The number of ether oxygens (including phenoxy) is 1. The van der Waals surface area contributed by atoms with E-state index in [1.165, 1.54) is 19.5 Å².